The molecule has 87 valence electrons. The number of benzene rings is 1. The van der Waals surface area contributed by atoms with Crippen molar-refractivity contribution in [1.82, 2.24) is 0 Å². The van der Waals surface area contributed by atoms with E-state index in [1.54, 1.807) is 32.0 Å². The maximum atomic E-state index is 9.88. The van der Waals surface area contributed by atoms with Gasteiger partial charge in [-0.15, -0.1) is 0 Å². The van der Waals surface area contributed by atoms with Gasteiger partial charge in [0.25, 0.3) is 0 Å². The molecule has 16 heavy (non-hydrogen) atoms. The van der Waals surface area contributed by atoms with Crippen LogP contribution in [-0.2, 0) is 4.65 Å². The fraction of sp³-hybridized carbons (Fsp3) is 0.500. The monoisotopic (exact) mass is 221 g/mol. The lowest BCUT2D eigenvalue weighted by molar-refractivity contribution is -0.0893. The third-order valence-electron chi connectivity index (χ3n) is 2.83. The third-order valence-corrected chi connectivity index (χ3v) is 2.83. The van der Waals surface area contributed by atoms with E-state index in [1.807, 2.05) is 19.9 Å². The van der Waals surface area contributed by atoms with Crippen molar-refractivity contribution >= 4 is 12.9 Å². The molecule has 0 bridgehead atoms. The number of phenolic OH excluding ortho intramolecular Hbond substituents is 1. The second kappa shape index (κ2) is 4.48. The smallest absolute Gasteiger partial charge is 0.331 e. The van der Waals surface area contributed by atoms with E-state index >= 15 is 0 Å². The summed E-state index contributed by atoms with van der Waals surface area (Å²) in [5.74, 6) is 0.193. The van der Waals surface area contributed by atoms with E-state index in [0.29, 0.717) is 0 Å². The lowest BCUT2D eigenvalue weighted by atomic mass is 9.82. The summed E-state index contributed by atoms with van der Waals surface area (Å²) in [5.41, 5.74) is -0.879. The van der Waals surface area contributed by atoms with Crippen LogP contribution in [0, 0.1) is 0 Å². The van der Waals surface area contributed by atoms with E-state index in [-0.39, 0.29) is 5.75 Å². The van der Waals surface area contributed by atoms with Crippen molar-refractivity contribution in [3.05, 3.63) is 24.3 Å². The Kier molecular flexibility index (Phi) is 3.66. The molecule has 0 atom stereocenters. The average Bonchev–Trinajstić information content (AvgIpc) is 2.13. The minimum absolute atomic E-state index is 0.193. The second-order valence-corrected chi connectivity index (χ2v) is 4.90. The van der Waals surface area contributed by atoms with Gasteiger partial charge >= 0.3 is 7.48 Å². The molecular formula is C12H18BO3. The van der Waals surface area contributed by atoms with Crippen molar-refractivity contribution in [2.45, 2.75) is 38.9 Å². The number of aromatic hydroxyl groups is 1. The van der Waals surface area contributed by atoms with Gasteiger partial charge in [-0.05, 0) is 45.3 Å². The van der Waals surface area contributed by atoms with Gasteiger partial charge in [0, 0.05) is 0 Å². The molecule has 0 aliphatic carbocycles. The highest BCUT2D eigenvalue weighted by Crippen LogP contribution is 2.24. The number of aliphatic hydroxyl groups is 1. The highest BCUT2D eigenvalue weighted by Gasteiger charge is 2.35. The van der Waals surface area contributed by atoms with Gasteiger partial charge in [0.1, 0.15) is 5.75 Å². The zero-order valence-electron chi connectivity index (χ0n) is 10.2. The van der Waals surface area contributed by atoms with Crippen molar-refractivity contribution < 1.29 is 14.9 Å². The summed E-state index contributed by atoms with van der Waals surface area (Å²) >= 11 is 0. The van der Waals surface area contributed by atoms with Crippen LogP contribution in [0.15, 0.2) is 24.3 Å². The fourth-order valence-electron chi connectivity index (χ4n) is 0.958. The summed E-state index contributed by atoms with van der Waals surface area (Å²) < 4.78 is 5.55. The minimum atomic E-state index is -0.944. The molecule has 1 radical (unpaired) electrons. The van der Waals surface area contributed by atoms with Crippen LogP contribution in [0.5, 0.6) is 5.75 Å². The molecule has 0 fully saturated rings. The maximum Gasteiger partial charge on any atom is 0.331 e. The highest BCUT2D eigenvalue weighted by molar-refractivity contribution is 6.47. The zero-order valence-corrected chi connectivity index (χ0v) is 10.2. The van der Waals surface area contributed by atoms with Gasteiger partial charge in [-0.1, -0.05) is 12.1 Å². The quantitative estimate of drug-likeness (QED) is 0.751. The van der Waals surface area contributed by atoms with Crippen LogP contribution in [0.3, 0.4) is 0 Å². The summed E-state index contributed by atoms with van der Waals surface area (Å²) in [4.78, 5) is 0. The molecule has 0 spiro atoms. The van der Waals surface area contributed by atoms with Gasteiger partial charge in [-0.3, -0.25) is 0 Å². The maximum absolute atomic E-state index is 9.88. The van der Waals surface area contributed by atoms with Gasteiger partial charge in [0.15, 0.2) is 0 Å². The Balaban J connectivity index is 2.65. The van der Waals surface area contributed by atoms with E-state index in [1.165, 1.54) is 7.48 Å². The van der Waals surface area contributed by atoms with Gasteiger partial charge < -0.3 is 14.9 Å². The van der Waals surface area contributed by atoms with Crippen LogP contribution in [-0.4, -0.2) is 28.9 Å². The fourth-order valence-corrected chi connectivity index (χ4v) is 0.958. The number of hydrogen-bond donors (Lipinski definition) is 2. The number of rotatable bonds is 4. The SMILES string of the molecule is CC(C)(O)C(C)(C)O[B]c1cccc(O)c1. The summed E-state index contributed by atoms with van der Waals surface area (Å²) in [5, 5.41) is 19.2. The molecule has 0 saturated heterocycles. The van der Waals surface area contributed by atoms with Crippen molar-refractivity contribution in [2.24, 2.45) is 0 Å². The van der Waals surface area contributed by atoms with Crippen LogP contribution >= 0.6 is 0 Å². The molecule has 0 amide bonds. The second-order valence-electron chi connectivity index (χ2n) is 4.90. The number of phenols is 1. The predicted molar refractivity (Wildman–Crippen MR) is 65.0 cm³/mol. The first kappa shape index (κ1) is 13.1. The number of hydrogen-bond acceptors (Lipinski definition) is 3. The zero-order chi connectivity index (χ0) is 12.4. The predicted octanol–water partition coefficient (Wildman–Crippen LogP) is 1.20. The Hall–Kier alpha value is -0.995. The molecular weight excluding hydrogens is 203 g/mol. The van der Waals surface area contributed by atoms with Gasteiger partial charge in [-0.2, -0.15) is 0 Å². The molecule has 3 nitrogen and oxygen atoms in total. The molecule has 1 rings (SSSR count). The van der Waals surface area contributed by atoms with Gasteiger partial charge in [0.05, 0.1) is 11.2 Å². The van der Waals surface area contributed by atoms with Gasteiger partial charge in [0.2, 0.25) is 0 Å². The van der Waals surface area contributed by atoms with Crippen LogP contribution in [0.2, 0.25) is 0 Å². The molecule has 0 saturated carbocycles. The molecule has 4 heteroatoms. The Morgan fingerprint density at radius 2 is 1.81 bits per heavy atom. The lowest BCUT2D eigenvalue weighted by Gasteiger charge is -2.37. The topological polar surface area (TPSA) is 49.7 Å². The van der Waals surface area contributed by atoms with Crippen LogP contribution in [0.25, 0.3) is 0 Å². The average molecular weight is 221 g/mol. The van der Waals surface area contributed by atoms with Gasteiger partial charge in [-0.25, -0.2) is 0 Å². The van der Waals surface area contributed by atoms with E-state index < -0.39 is 11.2 Å². The Bertz CT molecular complexity index is 356. The van der Waals surface area contributed by atoms with Crippen molar-refractivity contribution in [3.63, 3.8) is 0 Å². The normalized spacial score (nSPS) is 12.6. The van der Waals surface area contributed by atoms with Crippen LogP contribution in [0.1, 0.15) is 27.7 Å². The largest absolute Gasteiger partial charge is 0.508 e. The van der Waals surface area contributed by atoms with E-state index in [9.17, 15) is 10.2 Å². The Morgan fingerprint density at radius 3 is 2.31 bits per heavy atom. The molecule has 0 aliphatic rings. The van der Waals surface area contributed by atoms with E-state index in [4.69, 9.17) is 4.65 Å². The molecule has 0 unspecified atom stereocenters. The summed E-state index contributed by atoms with van der Waals surface area (Å²) in [6.07, 6.45) is 0. The Morgan fingerprint density at radius 1 is 1.19 bits per heavy atom. The molecule has 1 aromatic rings. The Labute approximate surface area is 97.3 Å². The summed E-state index contributed by atoms with van der Waals surface area (Å²) in [6.45, 7) is 7.02. The molecule has 1 aromatic carbocycles. The first-order valence-corrected chi connectivity index (χ1v) is 5.25. The van der Waals surface area contributed by atoms with E-state index in [2.05, 4.69) is 0 Å². The molecule has 0 aromatic heterocycles. The lowest BCUT2D eigenvalue weighted by Crippen LogP contribution is -2.49. The van der Waals surface area contributed by atoms with Crippen molar-refractivity contribution in [2.75, 3.05) is 0 Å². The first-order chi connectivity index (χ1) is 7.22. The summed E-state index contributed by atoms with van der Waals surface area (Å²) in [7, 11) is 1.54. The molecule has 2 N–H and O–H groups in total. The standard InChI is InChI=1S/C12H18BO3/c1-11(2,15)12(3,4)16-13-9-6-5-7-10(14)8-9/h5-8,14-15H,1-4H3. The van der Waals surface area contributed by atoms with Crippen molar-refractivity contribution in [3.8, 4) is 5.75 Å². The molecule has 0 heterocycles. The van der Waals surface area contributed by atoms with E-state index in [0.717, 1.165) is 5.46 Å². The summed E-state index contributed by atoms with van der Waals surface area (Å²) in [6, 6.07) is 6.75. The van der Waals surface area contributed by atoms with Crippen LogP contribution in [0.4, 0.5) is 0 Å². The third kappa shape index (κ3) is 3.25. The van der Waals surface area contributed by atoms with Crippen molar-refractivity contribution in [1.29, 1.82) is 0 Å². The highest BCUT2D eigenvalue weighted by atomic mass is 16.5. The molecule has 0 aliphatic heterocycles. The first-order valence-electron chi connectivity index (χ1n) is 5.25. The van der Waals surface area contributed by atoms with Crippen LogP contribution < -0.4 is 5.46 Å². The minimum Gasteiger partial charge on any atom is -0.508 e.